The van der Waals surface area contributed by atoms with Crippen molar-refractivity contribution in [2.75, 3.05) is 5.32 Å². The third kappa shape index (κ3) is 5.38. The molecule has 0 aliphatic carbocycles. The highest BCUT2D eigenvalue weighted by Gasteiger charge is 2.34. The molecule has 0 saturated heterocycles. The number of aromatic nitrogens is 1. The molecule has 19 heavy (non-hydrogen) atoms. The van der Waals surface area contributed by atoms with Crippen molar-refractivity contribution in [3.63, 3.8) is 0 Å². The summed E-state index contributed by atoms with van der Waals surface area (Å²) in [5.74, 6) is -0.0975. The standard InChI is InChI=1S/C13H18BrF3N2/c1-3-4-5-6-9(2)19-12-11(13(15,16)17)7-10(14)8-18-12/h7-9H,3-6H2,1-2H3,(H,18,19). The number of pyridine rings is 1. The van der Waals surface area contributed by atoms with Gasteiger partial charge in [0, 0.05) is 16.7 Å². The van der Waals surface area contributed by atoms with Crippen molar-refractivity contribution in [1.29, 1.82) is 0 Å². The SMILES string of the molecule is CCCCCC(C)Nc1ncc(Br)cc1C(F)(F)F. The second-order valence-electron chi connectivity index (χ2n) is 4.59. The van der Waals surface area contributed by atoms with Crippen LogP contribution in [0.2, 0.25) is 0 Å². The summed E-state index contributed by atoms with van der Waals surface area (Å²) in [5.41, 5.74) is -0.732. The summed E-state index contributed by atoms with van der Waals surface area (Å²) < 4.78 is 39.0. The van der Waals surface area contributed by atoms with Gasteiger partial charge >= 0.3 is 6.18 Å². The highest BCUT2D eigenvalue weighted by Crippen LogP contribution is 2.35. The lowest BCUT2D eigenvalue weighted by molar-refractivity contribution is -0.137. The number of nitrogens with zero attached hydrogens (tertiary/aromatic N) is 1. The maximum atomic E-state index is 12.9. The third-order valence-electron chi connectivity index (χ3n) is 2.78. The van der Waals surface area contributed by atoms with Crippen LogP contribution in [0.5, 0.6) is 0 Å². The van der Waals surface area contributed by atoms with Crippen molar-refractivity contribution in [3.05, 3.63) is 22.3 Å². The molecule has 0 fully saturated rings. The number of hydrogen-bond acceptors (Lipinski definition) is 2. The van der Waals surface area contributed by atoms with E-state index < -0.39 is 11.7 Å². The van der Waals surface area contributed by atoms with Gasteiger partial charge < -0.3 is 5.32 Å². The molecule has 1 heterocycles. The zero-order valence-electron chi connectivity index (χ0n) is 11.0. The molecule has 1 rings (SSSR count). The van der Waals surface area contributed by atoms with Gasteiger partial charge in [0.25, 0.3) is 0 Å². The van der Waals surface area contributed by atoms with Crippen LogP contribution in [0.3, 0.4) is 0 Å². The summed E-state index contributed by atoms with van der Waals surface area (Å²) in [6.07, 6.45) is 0.993. The minimum Gasteiger partial charge on any atom is -0.367 e. The average Bonchev–Trinajstić information content (AvgIpc) is 2.30. The van der Waals surface area contributed by atoms with E-state index in [1.54, 1.807) is 0 Å². The van der Waals surface area contributed by atoms with Crippen LogP contribution >= 0.6 is 15.9 Å². The van der Waals surface area contributed by atoms with Crippen molar-refractivity contribution in [3.8, 4) is 0 Å². The predicted octanol–water partition coefficient (Wildman–Crippen LogP) is 5.24. The first-order chi connectivity index (χ1) is 8.84. The van der Waals surface area contributed by atoms with Crippen LogP contribution < -0.4 is 5.32 Å². The molecule has 1 atom stereocenters. The Bertz CT molecular complexity index is 407. The Balaban J connectivity index is 2.77. The first-order valence-corrected chi connectivity index (χ1v) is 7.13. The van der Waals surface area contributed by atoms with E-state index in [1.807, 2.05) is 6.92 Å². The van der Waals surface area contributed by atoms with Gasteiger partial charge in [0.2, 0.25) is 0 Å². The second-order valence-corrected chi connectivity index (χ2v) is 5.50. The number of anilines is 1. The van der Waals surface area contributed by atoms with Crippen molar-refractivity contribution in [2.45, 2.75) is 51.7 Å². The van der Waals surface area contributed by atoms with Crippen molar-refractivity contribution in [2.24, 2.45) is 0 Å². The molecule has 0 spiro atoms. The summed E-state index contributed by atoms with van der Waals surface area (Å²) in [6.45, 7) is 3.97. The van der Waals surface area contributed by atoms with Crippen LogP contribution in [-0.4, -0.2) is 11.0 Å². The first-order valence-electron chi connectivity index (χ1n) is 6.34. The van der Waals surface area contributed by atoms with Crippen LogP contribution in [0.15, 0.2) is 16.7 Å². The molecule has 0 bridgehead atoms. The van der Waals surface area contributed by atoms with Crippen LogP contribution in [-0.2, 0) is 6.18 Å². The lowest BCUT2D eigenvalue weighted by Crippen LogP contribution is -2.20. The third-order valence-corrected chi connectivity index (χ3v) is 3.22. The van der Waals surface area contributed by atoms with Gasteiger partial charge in [-0.15, -0.1) is 0 Å². The molecule has 1 aromatic rings. The fraction of sp³-hybridized carbons (Fsp3) is 0.615. The summed E-state index contributed by atoms with van der Waals surface area (Å²) in [5, 5.41) is 2.85. The lowest BCUT2D eigenvalue weighted by Gasteiger charge is -2.18. The van der Waals surface area contributed by atoms with Gasteiger partial charge in [0.1, 0.15) is 5.82 Å². The first kappa shape index (κ1) is 16.3. The number of unbranched alkanes of at least 4 members (excludes halogenated alkanes) is 2. The minimum absolute atomic E-state index is 0.0266. The normalized spacial score (nSPS) is 13.4. The Morgan fingerprint density at radius 2 is 2.05 bits per heavy atom. The summed E-state index contributed by atoms with van der Waals surface area (Å²) in [7, 11) is 0. The Morgan fingerprint density at radius 3 is 2.63 bits per heavy atom. The number of nitrogens with one attached hydrogen (secondary N) is 1. The van der Waals surface area contributed by atoms with Crippen LogP contribution in [0, 0.1) is 0 Å². The van der Waals surface area contributed by atoms with E-state index in [9.17, 15) is 13.2 Å². The summed E-state index contributed by atoms with van der Waals surface area (Å²) >= 11 is 3.02. The number of halogens is 4. The van der Waals surface area contributed by atoms with E-state index in [-0.39, 0.29) is 11.9 Å². The monoisotopic (exact) mass is 338 g/mol. The number of hydrogen-bond donors (Lipinski definition) is 1. The lowest BCUT2D eigenvalue weighted by atomic mass is 10.1. The Kier molecular flexibility index (Phi) is 6.10. The van der Waals surface area contributed by atoms with Crippen molar-refractivity contribution >= 4 is 21.7 Å². The maximum Gasteiger partial charge on any atom is 0.419 e. The molecule has 1 aromatic heterocycles. The Labute approximate surface area is 119 Å². The van der Waals surface area contributed by atoms with Crippen molar-refractivity contribution < 1.29 is 13.2 Å². The molecular weight excluding hydrogens is 321 g/mol. The van der Waals surface area contributed by atoms with Gasteiger partial charge in [-0.05, 0) is 35.3 Å². The fourth-order valence-electron chi connectivity index (χ4n) is 1.78. The van der Waals surface area contributed by atoms with Crippen LogP contribution in [0.1, 0.15) is 45.1 Å². The molecule has 0 aliphatic rings. The molecular formula is C13H18BrF3N2. The van der Waals surface area contributed by atoms with E-state index in [4.69, 9.17) is 0 Å². The average molecular weight is 339 g/mol. The van der Waals surface area contributed by atoms with Gasteiger partial charge in [-0.25, -0.2) is 4.98 Å². The molecule has 2 nitrogen and oxygen atoms in total. The van der Waals surface area contributed by atoms with E-state index in [0.717, 1.165) is 31.7 Å². The smallest absolute Gasteiger partial charge is 0.367 e. The maximum absolute atomic E-state index is 12.9. The fourth-order valence-corrected chi connectivity index (χ4v) is 2.11. The topological polar surface area (TPSA) is 24.9 Å². The molecule has 6 heteroatoms. The quantitative estimate of drug-likeness (QED) is 0.717. The molecule has 0 aromatic carbocycles. The Hall–Kier alpha value is -0.780. The highest BCUT2D eigenvalue weighted by molar-refractivity contribution is 9.10. The van der Waals surface area contributed by atoms with Gasteiger partial charge in [0.15, 0.2) is 0 Å². The molecule has 0 radical (unpaired) electrons. The van der Waals surface area contributed by atoms with Crippen molar-refractivity contribution in [1.82, 2.24) is 4.98 Å². The summed E-state index contributed by atoms with van der Waals surface area (Å²) in [4.78, 5) is 3.83. The molecule has 0 amide bonds. The Morgan fingerprint density at radius 1 is 1.37 bits per heavy atom. The van der Waals surface area contributed by atoms with E-state index >= 15 is 0 Å². The zero-order valence-corrected chi connectivity index (χ0v) is 12.6. The van der Waals surface area contributed by atoms with E-state index in [1.165, 1.54) is 6.20 Å². The number of rotatable bonds is 6. The van der Waals surface area contributed by atoms with Crippen LogP contribution in [0.25, 0.3) is 0 Å². The number of alkyl halides is 3. The van der Waals surface area contributed by atoms with Gasteiger partial charge in [-0.2, -0.15) is 13.2 Å². The molecule has 1 N–H and O–H groups in total. The largest absolute Gasteiger partial charge is 0.419 e. The molecule has 0 saturated carbocycles. The van der Waals surface area contributed by atoms with E-state index in [2.05, 4.69) is 33.2 Å². The van der Waals surface area contributed by atoms with E-state index in [0.29, 0.717) is 4.47 Å². The highest BCUT2D eigenvalue weighted by atomic mass is 79.9. The van der Waals surface area contributed by atoms with Gasteiger partial charge in [-0.1, -0.05) is 26.2 Å². The minimum atomic E-state index is -4.40. The summed E-state index contributed by atoms with van der Waals surface area (Å²) in [6, 6.07) is 1.02. The molecule has 1 unspecified atom stereocenters. The van der Waals surface area contributed by atoms with Crippen LogP contribution in [0.4, 0.5) is 19.0 Å². The zero-order chi connectivity index (χ0) is 14.5. The van der Waals surface area contributed by atoms with Gasteiger partial charge in [-0.3, -0.25) is 0 Å². The molecule has 108 valence electrons. The van der Waals surface area contributed by atoms with Gasteiger partial charge in [0.05, 0.1) is 5.56 Å². The molecule has 0 aliphatic heterocycles. The predicted molar refractivity (Wildman–Crippen MR) is 74.2 cm³/mol. The second kappa shape index (κ2) is 7.12.